The lowest BCUT2D eigenvalue weighted by Crippen LogP contribution is -2.15. The van der Waals surface area contributed by atoms with Crippen LogP contribution in [-0.2, 0) is 0 Å². The normalized spacial score (nSPS) is 11.6. The number of benzene rings is 1. The van der Waals surface area contributed by atoms with Crippen molar-refractivity contribution in [3.63, 3.8) is 0 Å². The Bertz CT molecular complexity index is 368. The molecule has 3 nitrogen and oxygen atoms in total. The van der Waals surface area contributed by atoms with Crippen LogP contribution < -0.4 is 9.64 Å². The third-order valence-electron chi connectivity index (χ3n) is 2.41. The van der Waals surface area contributed by atoms with Gasteiger partial charge in [-0.25, -0.2) is 0 Å². The van der Waals surface area contributed by atoms with Crippen molar-refractivity contribution in [1.29, 1.82) is 5.26 Å². The average molecular weight is 218 g/mol. The summed E-state index contributed by atoms with van der Waals surface area (Å²) < 4.78 is 5.75. The van der Waals surface area contributed by atoms with Crippen LogP contribution in [0.2, 0.25) is 0 Å². The summed E-state index contributed by atoms with van der Waals surface area (Å²) in [6, 6.07) is 10.0. The van der Waals surface area contributed by atoms with Gasteiger partial charge in [0.2, 0.25) is 0 Å². The zero-order valence-electron chi connectivity index (χ0n) is 10.1. The fraction of sp³-hybridized carbons (Fsp3) is 0.462. The predicted octanol–water partition coefficient (Wildman–Crippen LogP) is 2.82. The summed E-state index contributed by atoms with van der Waals surface area (Å²) in [6.45, 7) is 2.03. The number of anilines is 1. The van der Waals surface area contributed by atoms with Crippen LogP contribution in [0.5, 0.6) is 5.75 Å². The van der Waals surface area contributed by atoms with Gasteiger partial charge in [0.1, 0.15) is 11.9 Å². The van der Waals surface area contributed by atoms with Gasteiger partial charge in [0, 0.05) is 25.8 Å². The van der Waals surface area contributed by atoms with Gasteiger partial charge in [-0.05, 0) is 18.6 Å². The van der Waals surface area contributed by atoms with Crippen molar-refractivity contribution in [3.8, 4) is 11.8 Å². The van der Waals surface area contributed by atoms with E-state index in [1.165, 1.54) is 0 Å². The van der Waals surface area contributed by atoms with Crippen molar-refractivity contribution in [2.24, 2.45) is 0 Å². The molecular weight excluding hydrogens is 200 g/mol. The second-order valence-corrected chi connectivity index (χ2v) is 3.90. The molecule has 1 atom stereocenters. The summed E-state index contributed by atoms with van der Waals surface area (Å²) in [6.07, 6.45) is 1.27. The van der Waals surface area contributed by atoms with Gasteiger partial charge in [0.15, 0.2) is 0 Å². The molecule has 0 heterocycles. The van der Waals surface area contributed by atoms with Crippen molar-refractivity contribution >= 4 is 5.69 Å². The van der Waals surface area contributed by atoms with Crippen molar-refractivity contribution in [1.82, 2.24) is 0 Å². The molecule has 0 fully saturated rings. The van der Waals surface area contributed by atoms with Gasteiger partial charge in [0.25, 0.3) is 0 Å². The maximum Gasteiger partial charge on any atom is 0.121 e. The van der Waals surface area contributed by atoms with Crippen LogP contribution in [-0.4, -0.2) is 20.2 Å². The first kappa shape index (κ1) is 12.4. The van der Waals surface area contributed by atoms with E-state index in [4.69, 9.17) is 10.00 Å². The molecule has 1 aromatic rings. The Balaban J connectivity index is 2.73. The fourth-order valence-corrected chi connectivity index (χ4v) is 1.40. The molecule has 0 aromatic heterocycles. The van der Waals surface area contributed by atoms with Gasteiger partial charge in [0.05, 0.1) is 12.5 Å². The molecule has 0 N–H and O–H groups in total. The van der Waals surface area contributed by atoms with Gasteiger partial charge in [-0.15, -0.1) is 0 Å². The molecule has 0 bridgehead atoms. The molecule has 86 valence electrons. The molecule has 1 unspecified atom stereocenters. The van der Waals surface area contributed by atoms with Crippen LogP contribution in [0.1, 0.15) is 19.8 Å². The summed E-state index contributed by atoms with van der Waals surface area (Å²) in [5.74, 6) is 0.827. The molecule has 0 spiro atoms. The number of nitrogens with zero attached hydrogens (tertiary/aromatic N) is 2. The van der Waals surface area contributed by atoms with Gasteiger partial charge in [-0.2, -0.15) is 5.26 Å². The molecule has 1 aromatic carbocycles. The molecule has 1 rings (SSSR count). The maximum absolute atomic E-state index is 8.65. The summed E-state index contributed by atoms with van der Waals surface area (Å²) >= 11 is 0. The highest BCUT2D eigenvalue weighted by atomic mass is 16.5. The molecule has 16 heavy (non-hydrogen) atoms. The van der Waals surface area contributed by atoms with Gasteiger partial charge in [-0.1, -0.05) is 13.0 Å². The van der Waals surface area contributed by atoms with Gasteiger partial charge >= 0.3 is 0 Å². The number of rotatable bonds is 5. The van der Waals surface area contributed by atoms with E-state index in [2.05, 4.69) is 6.07 Å². The predicted molar refractivity (Wildman–Crippen MR) is 65.7 cm³/mol. The summed E-state index contributed by atoms with van der Waals surface area (Å²) in [5.41, 5.74) is 1.10. The lowest BCUT2D eigenvalue weighted by molar-refractivity contribution is 0.202. The minimum Gasteiger partial charge on any atom is -0.489 e. The van der Waals surface area contributed by atoms with Crippen LogP contribution in [0.3, 0.4) is 0 Å². The molecule has 3 heteroatoms. The third kappa shape index (κ3) is 3.47. The molecule has 0 amide bonds. The SMILES string of the molecule is CCC(CC#N)Oc1cccc(N(C)C)c1. The Labute approximate surface area is 97.3 Å². The maximum atomic E-state index is 8.65. The highest BCUT2D eigenvalue weighted by molar-refractivity contribution is 5.49. The smallest absolute Gasteiger partial charge is 0.121 e. The topological polar surface area (TPSA) is 36.3 Å². The van der Waals surface area contributed by atoms with Crippen LogP contribution >= 0.6 is 0 Å². The Morgan fingerprint density at radius 1 is 1.44 bits per heavy atom. The first-order chi connectivity index (χ1) is 7.67. The van der Waals surface area contributed by atoms with E-state index in [-0.39, 0.29) is 6.10 Å². The Morgan fingerprint density at radius 2 is 2.19 bits per heavy atom. The van der Waals surface area contributed by atoms with Crippen molar-refractivity contribution in [3.05, 3.63) is 24.3 Å². The highest BCUT2D eigenvalue weighted by Gasteiger charge is 2.07. The quantitative estimate of drug-likeness (QED) is 0.762. The zero-order chi connectivity index (χ0) is 12.0. The van der Waals surface area contributed by atoms with Crippen LogP contribution in [0.4, 0.5) is 5.69 Å². The largest absolute Gasteiger partial charge is 0.489 e. The summed E-state index contributed by atoms with van der Waals surface area (Å²) in [4.78, 5) is 2.03. The minimum absolute atomic E-state index is 0.0117. The molecule has 0 radical (unpaired) electrons. The van der Waals surface area contributed by atoms with Gasteiger partial charge in [-0.3, -0.25) is 0 Å². The van der Waals surface area contributed by atoms with E-state index < -0.39 is 0 Å². The number of nitriles is 1. The molecule has 0 saturated heterocycles. The van der Waals surface area contributed by atoms with Crippen LogP contribution in [0, 0.1) is 11.3 Å². The minimum atomic E-state index is -0.0117. The van der Waals surface area contributed by atoms with E-state index >= 15 is 0 Å². The van der Waals surface area contributed by atoms with Crippen molar-refractivity contribution < 1.29 is 4.74 Å². The van der Waals surface area contributed by atoms with E-state index in [9.17, 15) is 0 Å². The average Bonchev–Trinajstić information content (AvgIpc) is 2.29. The van der Waals surface area contributed by atoms with E-state index in [1.807, 2.05) is 50.2 Å². The summed E-state index contributed by atoms with van der Waals surface area (Å²) in [7, 11) is 3.98. The molecule has 0 aliphatic heterocycles. The van der Waals surface area contributed by atoms with E-state index in [1.54, 1.807) is 0 Å². The lowest BCUT2D eigenvalue weighted by atomic mass is 10.2. The first-order valence-electron chi connectivity index (χ1n) is 5.48. The Hall–Kier alpha value is -1.69. The number of hydrogen-bond acceptors (Lipinski definition) is 3. The highest BCUT2D eigenvalue weighted by Crippen LogP contribution is 2.21. The second kappa shape index (κ2) is 6.02. The van der Waals surface area contributed by atoms with Gasteiger partial charge < -0.3 is 9.64 Å². The van der Waals surface area contributed by atoms with E-state index in [0.29, 0.717) is 6.42 Å². The molecular formula is C13H18N2O. The van der Waals surface area contributed by atoms with Crippen LogP contribution in [0.25, 0.3) is 0 Å². The zero-order valence-corrected chi connectivity index (χ0v) is 10.1. The molecule has 0 aliphatic carbocycles. The monoisotopic (exact) mass is 218 g/mol. The summed E-state index contributed by atoms with van der Waals surface area (Å²) in [5, 5.41) is 8.65. The number of hydrogen-bond donors (Lipinski definition) is 0. The van der Waals surface area contributed by atoms with Crippen molar-refractivity contribution in [2.45, 2.75) is 25.9 Å². The Kier molecular flexibility index (Phi) is 4.65. The third-order valence-corrected chi connectivity index (χ3v) is 2.41. The molecule has 0 aliphatic rings. The standard InChI is InChI=1S/C13H18N2O/c1-4-12(8-9-14)16-13-7-5-6-11(10-13)15(2)3/h5-7,10,12H,4,8H2,1-3H3. The molecule has 0 saturated carbocycles. The lowest BCUT2D eigenvalue weighted by Gasteiger charge is -2.17. The van der Waals surface area contributed by atoms with E-state index in [0.717, 1.165) is 17.9 Å². The second-order valence-electron chi connectivity index (χ2n) is 3.90. The van der Waals surface area contributed by atoms with Crippen LogP contribution in [0.15, 0.2) is 24.3 Å². The first-order valence-corrected chi connectivity index (χ1v) is 5.48. The van der Waals surface area contributed by atoms with Crippen molar-refractivity contribution in [2.75, 3.05) is 19.0 Å². The fourth-order valence-electron chi connectivity index (χ4n) is 1.40. The Morgan fingerprint density at radius 3 is 2.75 bits per heavy atom. The number of ether oxygens (including phenoxy) is 1.